The van der Waals surface area contributed by atoms with E-state index in [1.807, 2.05) is 12.4 Å². The second kappa shape index (κ2) is 6.85. The molecule has 3 heterocycles. The van der Waals surface area contributed by atoms with Crippen molar-refractivity contribution >= 4 is 22.6 Å². The van der Waals surface area contributed by atoms with Gasteiger partial charge in [-0.2, -0.15) is 5.10 Å². The molecule has 1 aromatic heterocycles. The summed E-state index contributed by atoms with van der Waals surface area (Å²) in [5.74, 6) is 1.73. The number of H-pyrrole nitrogens is 1. The van der Waals surface area contributed by atoms with E-state index in [-0.39, 0.29) is 11.8 Å². The van der Waals surface area contributed by atoms with Crippen molar-refractivity contribution in [1.29, 1.82) is 0 Å². The minimum Gasteiger partial charge on any atom is -0.342 e. The first kappa shape index (κ1) is 15.5. The summed E-state index contributed by atoms with van der Waals surface area (Å²) in [5, 5.41) is 6.82. The predicted octanol–water partition coefficient (Wildman–Crippen LogP) is 3.52. The molecular weight excluding hydrogens is 318 g/mol. The highest BCUT2D eigenvalue weighted by Gasteiger charge is 2.31. The number of aromatic amines is 1. The number of hydrogen-bond acceptors (Lipinski definition) is 3. The van der Waals surface area contributed by atoms with E-state index in [0.29, 0.717) is 5.92 Å². The van der Waals surface area contributed by atoms with E-state index in [1.54, 1.807) is 11.8 Å². The van der Waals surface area contributed by atoms with Crippen molar-refractivity contribution in [2.24, 2.45) is 5.92 Å². The van der Waals surface area contributed by atoms with Crippen LogP contribution in [0.25, 0.3) is 4.91 Å². The predicted molar refractivity (Wildman–Crippen MR) is 97.5 cm³/mol. The zero-order chi connectivity index (χ0) is 16.4. The summed E-state index contributed by atoms with van der Waals surface area (Å²) in [6.45, 7) is 1.74. The lowest BCUT2D eigenvalue weighted by atomic mass is 9.89. The van der Waals surface area contributed by atoms with Crippen LogP contribution in [0.1, 0.15) is 29.9 Å². The van der Waals surface area contributed by atoms with Crippen LogP contribution in [0.15, 0.2) is 48.8 Å². The topological polar surface area (TPSA) is 49.0 Å². The van der Waals surface area contributed by atoms with Crippen LogP contribution in [0.5, 0.6) is 0 Å². The summed E-state index contributed by atoms with van der Waals surface area (Å²) in [5.41, 5.74) is 2.49. The third-order valence-electron chi connectivity index (χ3n) is 4.95. The molecule has 0 bridgehead atoms. The normalized spacial score (nSPS) is 21.8. The molecule has 1 saturated heterocycles. The smallest absolute Gasteiger partial charge is 0.230 e. The number of aromatic nitrogens is 2. The number of piperidine rings is 1. The molecule has 0 spiro atoms. The van der Waals surface area contributed by atoms with E-state index < -0.39 is 0 Å². The molecular formula is C19H21N3OS. The molecule has 1 aromatic carbocycles. The zero-order valence-corrected chi connectivity index (χ0v) is 14.3. The monoisotopic (exact) mass is 339 g/mol. The molecule has 0 saturated carbocycles. The van der Waals surface area contributed by atoms with Gasteiger partial charge in [-0.25, -0.2) is 0 Å². The molecule has 1 fully saturated rings. The highest BCUT2D eigenvalue weighted by molar-refractivity contribution is 8.08. The molecule has 1 amide bonds. The van der Waals surface area contributed by atoms with Crippen LogP contribution in [0, 0.1) is 5.92 Å². The third kappa shape index (κ3) is 3.13. The number of thioether (sulfide) groups is 1. The number of nitrogens with one attached hydrogen (secondary N) is 1. The summed E-state index contributed by atoms with van der Waals surface area (Å²) in [4.78, 5) is 16.0. The van der Waals surface area contributed by atoms with Gasteiger partial charge in [-0.3, -0.25) is 9.89 Å². The highest BCUT2D eigenvalue weighted by atomic mass is 32.2. The van der Waals surface area contributed by atoms with Crippen LogP contribution < -0.4 is 0 Å². The Hall–Kier alpha value is -2.01. The average molecular weight is 339 g/mol. The maximum Gasteiger partial charge on any atom is 0.230 e. The van der Waals surface area contributed by atoms with E-state index in [4.69, 9.17) is 0 Å². The number of nitrogens with zero attached hydrogens (tertiary/aromatic N) is 2. The number of benzene rings is 1. The number of carbonyl (C=O) groups is 1. The Labute approximate surface area is 146 Å². The SMILES string of the molecule is O=C(C1C=C(c2cn[nH]c2)SC1)N1CCC(c2ccccc2)CC1. The summed E-state index contributed by atoms with van der Waals surface area (Å²) >= 11 is 1.75. The fraction of sp³-hybridized carbons (Fsp3) is 0.368. The molecule has 124 valence electrons. The Morgan fingerprint density at radius 2 is 2.00 bits per heavy atom. The van der Waals surface area contributed by atoms with Crippen LogP contribution in [0.4, 0.5) is 0 Å². The summed E-state index contributed by atoms with van der Waals surface area (Å²) in [6.07, 6.45) is 7.94. The number of rotatable bonds is 3. The number of amides is 1. The Kier molecular flexibility index (Phi) is 4.43. The molecule has 0 aliphatic carbocycles. The van der Waals surface area contributed by atoms with Gasteiger partial charge in [-0.1, -0.05) is 36.4 Å². The van der Waals surface area contributed by atoms with Crippen molar-refractivity contribution < 1.29 is 4.79 Å². The zero-order valence-electron chi connectivity index (χ0n) is 13.5. The van der Waals surface area contributed by atoms with E-state index in [1.165, 1.54) is 10.5 Å². The Morgan fingerprint density at radius 3 is 2.71 bits per heavy atom. The lowest BCUT2D eigenvalue weighted by molar-refractivity contribution is -0.134. The van der Waals surface area contributed by atoms with E-state index in [2.05, 4.69) is 51.5 Å². The largest absolute Gasteiger partial charge is 0.342 e. The van der Waals surface area contributed by atoms with Gasteiger partial charge in [0.15, 0.2) is 0 Å². The molecule has 24 heavy (non-hydrogen) atoms. The lowest BCUT2D eigenvalue weighted by Gasteiger charge is -2.33. The van der Waals surface area contributed by atoms with Gasteiger partial charge in [-0.05, 0) is 24.3 Å². The minimum atomic E-state index is 0.00757. The number of likely N-dealkylation sites (tertiary alicyclic amines) is 1. The van der Waals surface area contributed by atoms with Crippen molar-refractivity contribution in [3.63, 3.8) is 0 Å². The summed E-state index contributed by atoms with van der Waals surface area (Å²) in [7, 11) is 0. The van der Waals surface area contributed by atoms with Crippen molar-refractivity contribution in [2.75, 3.05) is 18.8 Å². The van der Waals surface area contributed by atoms with Crippen molar-refractivity contribution in [2.45, 2.75) is 18.8 Å². The van der Waals surface area contributed by atoms with Gasteiger partial charge in [-0.15, -0.1) is 11.8 Å². The fourth-order valence-corrected chi connectivity index (χ4v) is 4.70. The van der Waals surface area contributed by atoms with Gasteiger partial charge < -0.3 is 4.90 Å². The van der Waals surface area contributed by atoms with Gasteiger partial charge in [0.1, 0.15) is 0 Å². The Morgan fingerprint density at radius 1 is 1.21 bits per heavy atom. The Bertz CT molecular complexity index is 718. The molecule has 4 rings (SSSR count). The van der Waals surface area contributed by atoms with Gasteiger partial charge in [0.25, 0.3) is 0 Å². The van der Waals surface area contributed by atoms with E-state index in [9.17, 15) is 4.79 Å². The van der Waals surface area contributed by atoms with Crippen LogP contribution in [0.2, 0.25) is 0 Å². The second-order valence-electron chi connectivity index (χ2n) is 6.45. The quantitative estimate of drug-likeness (QED) is 0.931. The van der Waals surface area contributed by atoms with Gasteiger partial charge in [0, 0.05) is 35.5 Å². The van der Waals surface area contributed by atoms with Gasteiger partial charge >= 0.3 is 0 Å². The molecule has 5 heteroatoms. The molecule has 0 radical (unpaired) electrons. The molecule has 2 aliphatic rings. The number of hydrogen-bond donors (Lipinski definition) is 1. The average Bonchev–Trinajstić information content (AvgIpc) is 3.33. The Balaban J connectivity index is 1.37. The van der Waals surface area contributed by atoms with Crippen molar-refractivity contribution in [3.8, 4) is 0 Å². The first-order valence-corrected chi connectivity index (χ1v) is 9.47. The minimum absolute atomic E-state index is 0.00757. The van der Waals surface area contributed by atoms with Crippen LogP contribution in [-0.2, 0) is 4.79 Å². The van der Waals surface area contributed by atoms with Crippen LogP contribution >= 0.6 is 11.8 Å². The lowest BCUT2D eigenvalue weighted by Crippen LogP contribution is -2.41. The fourth-order valence-electron chi connectivity index (χ4n) is 3.56. The maximum absolute atomic E-state index is 12.8. The van der Waals surface area contributed by atoms with E-state index in [0.717, 1.165) is 37.2 Å². The van der Waals surface area contributed by atoms with E-state index >= 15 is 0 Å². The van der Waals surface area contributed by atoms with Gasteiger partial charge in [0.05, 0.1) is 12.1 Å². The van der Waals surface area contributed by atoms with Crippen molar-refractivity contribution in [1.82, 2.24) is 15.1 Å². The maximum atomic E-state index is 12.8. The molecule has 1 atom stereocenters. The first-order chi connectivity index (χ1) is 11.8. The summed E-state index contributed by atoms with van der Waals surface area (Å²) < 4.78 is 0. The van der Waals surface area contributed by atoms with Crippen molar-refractivity contribution in [3.05, 3.63) is 59.9 Å². The van der Waals surface area contributed by atoms with Gasteiger partial charge in [0.2, 0.25) is 5.91 Å². The standard InChI is InChI=1S/C19H21N3OS/c23-19(16-10-18(24-13-16)17-11-20-21-12-17)22-8-6-15(7-9-22)14-4-2-1-3-5-14/h1-5,10-12,15-16H,6-9,13H2,(H,20,21). The third-order valence-corrected chi connectivity index (χ3v) is 6.16. The van der Waals surface area contributed by atoms with Crippen LogP contribution in [-0.4, -0.2) is 39.8 Å². The first-order valence-electron chi connectivity index (χ1n) is 8.49. The van der Waals surface area contributed by atoms with Crippen LogP contribution in [0.3, 0.4) is 0 Å². The molecule has 1 N–H and O–H groups in total. The molecule has 4 nitrogen and oxygen atoms in total. The molecule has 2 aromatic rings. The number of carbonyl (C=O) groups excluding carboxylic acids is 1. The molecule has 1 unspecified atom stereocenters. The molecule has 2 aliphatic heterocycles. The highest BCUT2D eigenvalue weighted by Crippen LogP contribution is 2.38. The second-order valence-corrected chi connectivity index (χ2v) is 7.51. The summed E-state index contributed by atoms with van der Waals surface area (Å²) in [6, 6.07) is 10.7.